The Labute approximate surface area is 227 Å². The van der Waals surface area contributed by atoms with Gasteiger partial charge >= 0.3 is 12.1 Å². The maximum absolute atomic E-state index is 13.8. The molecular weight excluding hydrogens is 527 g/mol. The number of alkyl halides is 3. The highest BCUT2D eigenvalue weighted by molar-refractivity contribution is 6.31. The average Bonchev–Trinajstić information content (AvgIpc) is 2.92. The SMILES string of the molecule is O=C(O)c1ccc(COc2cccc(-c3c(Cc4ccccc4)cnc4c(C(F)(F)F)cccc34)c2)c(Cl)c1. The monoisotopic (exact) mass is 547 g/mol. The second-order valence-electron chi connectivity index (χ2n) is 8.95. The first kappa shape index (κ1) is 26.3. The molecule has 39 heavy (non-hydrogen) atoms. The van der Waals surface area contributed by atoms with E-state index < -0.39 is 17.7 Å². The van der Waals surface area contributed by atoms with Crippen LogP contribution < -0.4 is 4.74 Å². The summed E-state index contributed by atoms with van der Waals surface area (Å²) < 4.78 is 47.4. The molecule has 0 saturated heterocycles. The van der Waals surface area contributed by atoms with Crippen LogP contribution in [0.15, 0.2) is 97.2 Å². The minimum Gasteiger partial charge on any atom is -0.489 e. The van der Waals surface area contributed by atoms with Gasteiger partial charge in [0.2, 0.25) is 0 Å². The van der Waals surface area contributed by atoms with Crippen molar-refractivity contribution in [2.24, 2.45) is 0 Å². The van der Waals surface area contributed by atoms with E-state index in [0.717, 1.165) is 17.2 Å². The molecule has 0 fully saturated rings. The topological polar surface area (TPSA) is 59.4 Å². The van der Waals surface area contributed by atoms with Crippen LogP contribution in [0.2, 0.25) is 5.02 Å². The van der Waals surface area contributed by atoms with Gasteiger partial charge in [0.05, 0.1) is 16.6 Å². The van der Waals surface area contributed by atoms with Crippen LogP contribution >= 0.6 is 11.6 Å². The molecule has 0 amide bonds. The van der Waals surface area contributed by atoms with Gasteiger partial charge in [0.15, 0.2) is 0 Å². The van der Waals surface area contributed by atoms with Crippen molar-refractivity contribution in [3.8, 4) is 16.9 Å². The minimum atomic E-state index is -4.55. The molecule has 1 N–H and O–H groups in total. The molecule has 5 aromatic rings. The third kappa shape index (κ3) is 5.73. The van der Waals surface area contributed by atoms with Gasteiger partial charge in [-0.15, -0.1) is 0 Å². The van der Waals surface area contributed by atoms with E-state index in [2.05, 4.69) is 4.98 Å². The summed E-state index contributed by atoms with van der Waals surface area (Å²) in [6.45, 7) is 0.0778. The fourth-order valence-corrected chi connectivity index (χ4v) is 4.72. The van der Waals surface area contributed by atoms with Crippen molar-refractivity contribution in [3.05, 3.63) is 130 Å². The second-order valence-corrected chi connectivity index (χ2v) is 9.36. The Balaban J connectivity index is 1.56. The van der Waals surface area contributed by atoms with E-state index in [0.29, 0.717) is 34.2 Å². The molecule has 0 atom stereocenters. The zero-order chi connectivity index (χ0) is 27.6. The van der Waals surface area contributed by atoms with E-state index in [1.54, 1.807) is 30.3 Å². The van der Waals surface area contributed by atoms with Gasteiger partial charge < -0.3 is 9.84 Å². The summed E-state index contributed by atoms with van der Waals surface area (Å²) in [5, 5.41) is 9.79. The Morgan fingerprint density at radius 1 is 0.897 bits per heavy atom. The zero-order valence-corrected chi connectivity index (χ0v) is 21.1. The number of carboxylic acids is 1. The van der Waals surface area contributed by atoms with Crippen LogP contribution in [0.25, 0.3) is 22.0 Å². The summed E-state index contributed by atoms with van der Waals surface area (Å²) in [5.41, 5.74) is 2.85. The molecule has 5 rings (SSSR count). The number of aromatic nitrogens is 1. The van der Waals surface area contributed by atoms with Crippen molar-refractivity contribution in [3.63, 3.8) is 0 Å². The van der Waals surface area contributed by atoms with E-state index in [1.807, 2.05) is 36.4 Å². The van der Waals surface area contributed by atoms with Crippen LogP contribution in [-0.2, 0) is 19.2 Å². The average molecular weight is 548 g/mol. The number of benzene rings is 4. The molecule has 0 saturated carbocycles. The molecule has 196 valence electrons. The van der Waals surface area contributed by atoms with Crippen LogP contribution in [0.5, 0.6) is 5.75 Å². The third-order valence-corrected chi connectivity index (χ3v) is 6.69. The van der Waals surface area contributed by atoms with Gasteiger partial charge in [-0.25, -0.2) is 4.79 Å². The van der Waals surface area contributed by atoms with Gasteiger partial charge in [-0.3, -0.25) is 4.98 Å². The number of ether oxygens (including phenoxy) is 1. The molecule has 0 spiro atoms. The number of hydrogen-bond acceptors (Lipinski definition) is 3. The highest BCUT2D eigenvalue weighted by Crippen LogP contribution is 2.39. The zero-order valence-electron chi connectivity index (χ0n) is 20.4. The predicted octanol–water partition coefficient (Wildman–Crippen LogP) is 8.44. The summed E-state index contributed by atoms with van der Waals surface area (Å²) in [7, 11) is 0. The summed E-state index contributed by atoms with van der Waals surface area (Å²) in [6, 6.07) is 25.2. The predicted molar refractivity (Wildman–Crippen MR) is 144 cm³/mol. The van der Waals surface area contributed by atoms with E-state index in [9.17, 15) is 18.0 Å². The minimum absolute atomic E-state index is 0.0690. The number of nitrogens with zero attached hydrogens (tertiary/aromatic N) is 1. The van der Waals surface area contributed by atoms with Crippen molar-refractivity contribution in [1.29, 1.82) is 0 Å². The van der Waals surface area contributed by atoms with Crippen LogP contribution in [0.4, 0.5) is 13.2 Å². The standard InChI is InChI=1S/C31H21ClF3NO3/c32-27-16-21(30(37)38)12-13-22(27)18-39-24-9-4-8-20(15-24)28-23(14-19-6-2-1-3-7-19)17-36-29-25(28)10-5-11-26(29)31(33,34)35/h1-13,15-17H,14,18H2,(H,37,38). The molecule has 1 aromatic heterocycles. The van der Waals surface area contributed by atoms with Crippen molar-refractivity contribution in [2.75, 3.05) is 0 Å². The highest BCUT2D eigenvalue weighted by atomic mass is 35.5. The lowest BCUT2D eigenvalue weighted by Crippen LogP contribution is -2.07. The largest absolute Gasteiger partial charge is 0.489 e. The molecule has 8 heteroatoms. The summed E-state index contributed by atoms with van der Waals surface area (Å²) in [6.07, 6.45) is -2.56. The molecule has 0 radical (unpaired) electrons. The Bertz CT molecular complexity index is 1670. The Kier molecular flexibility index (Phi) is 7.26. The molecule has 0 aliphatic rings. The number of rotatable bonds is 7. The molecule has 0 aliphatic carbocycles. The number of pyridine rings is 1. The fraction of sp³-hybridized carbons (Fsp3) is 0.0968. The molecule has 0 unspecified atom stereocenters. The van der Waals surface area contributed by atoms with Gasteiger partial charge in [-0.2, -0.15) is 13.2 Å². The van der Waals surface area contributed by atoms with Crippen molar-refractivity contribution in [2.45, 2.75) is 19.2 Å². The lowest BCUT2D eigenvalue weighted by molar-refractivity contribution is -0.136. The van der Waals surface area contributed by atoms with E-state index in [-0.39, 0.29) is 22.7 Å². The highest BCUT2D eigenvalue weighted by Gasteiger charge is 2.33. The van der Waals surface area contributed by atoms with E-state index >= 15 is 0 Å². The molecular formula is C31H21ClF3NO3. The smallest absolute Gasteiger partial charge is 0.418 e. The van der Waals surface area contributed by atoms with Gasteiger partial charge in [-0.1, -0.05) is 72.3 Å². The molecule has 0 bridgehead atoms. The Morgan fingerprint density at radius 2 is 1.67 bits per heavy atom. The summed E-state index contributed by atoms with van der Waals surface area (Å²) >= 11 is 6.24. The Hall–Kier alpha value is -4.36. The van der Waals surface area contributed by atoms with Crippen LogP contribution in [0.1, 0.15) is 32.6 Å². The number of aromatic carboxylic acids is 1. The molecule has 4 aromatic carbocycles. The molecule has 0 aliphatic heterocycles. The Morgan fingerprint density at radius 3 is 2.38 bits per heavy atom. The number of carboxylic acid groups (broad SMARTS) is 1. The fourth-order valence-electron chi connectivity index (χ4n) is 4.48. The second kappa shape index (κ2) is 10.8. The lowest BCUT2D eigenvalue weighted by atomic mass is 9.92. The van der Waals surface area contributed by atoms with Gasteiger partial charge in [0.25, 0.3) is 0 Å². The number of fused-ring (bicyclic) bond motifs is 1. The van der Waals surface area contributed by atoms with Crippen LogP contribution in [-0.4, -0.2) is 16.1 Å². The number of para-hydroxylation sites is 1. The quantitative estimate of drug-likeness (QED) is 0.222. The van der Waals surface area contributed by atoms with Crippen LogP contribution in [0, 0.1) is 0 Å². The third-order valence-electron chi connectivity index (χ3n) is 6.34. The van der Waals surface area contributed by atoms with Crippen molar-refractivity contribution in [1.82, 2.24) is 4.98 Å². The first-order valence-electron chi connectivity index (χ1n) is 12.0. The maximum atomic E-state index is 13.8. The van der Waals surface area contributed by atoms with Gasteiger partial charge in [0.1, 0.15) is 12.4 Å². The van der Waals surface area contributed by atoms with Crippen molar-refractivity contribution < 1.29 is 27.8 Å². The molecule has 1 heterocycles. The first-order valence-corrected chi connectivity index (χ1v) is 12.3. The van der Waals surface area contributed by atoms with Gasteiger partial charge in [0, 0.05) is 22.2 Å². The number of hydrogen-bond donors (Lipinski definition) is 1. The molecule has 4 nitrogen and oxygen atoms in total. The number of carbonyl (C=O) groups is 1. The maximum Gasteiger partial charge on any atom is 0.418 e. The number of halogens is 4. The van der Waals surface area contributed by atoms with Crippen molar-refractivity contribution >= 4 is 28.5 Å². The van der Waals surface area contributed by atoms with Crippen LogP contribution in [0.3, 0.4) is 0 Å². The van der Waals surface area contributed by atoms with Gasteiger partial charge in [-0.05, 0) is 59.0 Å². The normalized spacial score (nSPS) is 11.5. The summed E-state index contributed by atoms with van der Waals surface area (Å²) in [4.78, 5) is 15.4. The first-order chi connectivity index (χ1) is 18.7. The lowest BCUT2D eigenvalue weighted by Gasteiger charge is -2.17. The summed E-state index contributed by atoms with van der Waals surface area (Å²) in [5.74, 6) is -0.602. The van der Waals surface area contributed by atoms with E-state index in [1.165, 1.54) is 24.4 Å². The van der Waals surface area contributed by atoms with E-state index in [4.69, 9.17) is 21.4 Å².